The highest BCUT2D eigenvalue weighted by Crippen LogP contribution is 2.23. The summed E-state index contributed by atoms with van der Waals surface area (Å²) in [6.07, 6.45) is -1.80. The molecule has 1 saturated heterocycles. The highest BCUT2D eigenvalue weighted by atomic mass is 35.5. The van der Waals surface area contributed by atoms with E-state index in [1.165, 1.54) is 6.20 Å². The zero-order valence-corrected chi connectivity index (χ0v) is 14.7. The molecule has 1 aliphatic heterocycles. The second kappa shape index (κ2) is 8.54. The maximum atomic E-state index is 12.4. The maximum absolute atomic E-state index is 12.4. The van der Waals surface area contributed by atoms with Crippen LogP contribution >= 0.6 is 11.6 Å². The van der Waals surface area contributed by atoms with Crippen molar-refractivity contribution in [1.82, 2.24) is 20.0 Å². The summed E-state index contributed by atoms with van der Waals surface area (Å²) in [5.41, 5.74) is -0.682. The van der Waals surface area contributed by atoms with E-state index in [4.69, 9.17) is 11.6 Å². The van der Waals surface area contributed by atoms with E-state index < -0.39 is 18.3 Å². The van der Waals surface area contributed by atoms with Gasteiger partial charge in [0.15, 0.2) is 0 Å². The molecule has 7 nitrogen and oxygen atoms in total. The van der Waals surface area contributed by atoms with Gasteiger partial charge in [0, 0.05) is 32.7 Å². The number of hydrogen-bond donors (Lipinski definition) is 1. The molecular formula is C15H19ClF3N5O2. The monoisotopic (exact) mass is 393 g/mol. The van der Waals surface area contributed by atoms with Gasteiger partial charge in [0.25, 0.3) is 5.56 Å². The third-order valence-electron chi connectivity index (χ3n) is 3.82. The van der Waals surface area contributed by atoms with Crippen molar-refractivity contribution >= 4 is 23.2 Å². The van der Waals surface area contributed by atoms with Gasteiger partial charge in [-0.2, -0.15) is 18.3 Å². The third-order valence-corrected chi connectivity index (χ3v) is 4.17. The summed E-state index contributed by atoms with van der Waals surface area (Å²) in [5.74, 6) is -0.118. The summed E-state index contributed by atoms with van der Waals surface area (Å²) < 4.78 is 37.6. The minimum atomic E-state index is -4.56. The van der Waals surface area contributed by atoms with E-state index in [0.29, 0.717) is 43.1 Å². The number of anilines is 1. The minimum Gasteiger partial charge on any atom is -0.366 e. The quantitative estimate of drug-likeness (QED) is 0.727. The van der Waals surface area contributed by atoms with E-state index in [9.17, 15) is 22.8 Å². The van der Waals surface area contributed by atoms with Crippen LogP contribution in [0.25, 0.3) is 0 Å². The lowest BCUT2D eigenvalue weighted by Crippen LogP contribution is -2.50. The number of nitrogens with one attached hydrogen (secondary N) is 1. The largest absolute Gasteiger partial charge is 0.408 e. The van der Waals surface area contributed by atoms with E-state index in [1.54, 1.807) is 11.0 Å². The summed E-state index contributed by atoms with van der Waals surface area (Å²) in [7, 11) is 0. The van der Waals surface area contributed by atoms with Crippen molar-refractivity contribution in [1.29, 1.82) is 0 Å². The summed E-state index contributed by atoms with van der Waals surface area (Å²) in [6, 6.07) is 0. The lowest BCUT2D eigenvalue weighted by molar-refractivity contribution is -0.143. The van der Waals surface area contributed by atoms with Crippen LogP contribution in [0.15, 0.2) is 23.6 Å². The second-order valence-corrected chi connectivity index (χ2v) is 6.16. The van der Waals surface area contributed by atoms with Crippen molar-refractivity contribution < 1.29 is 18.0 Å². The van der Waals surface area contributed by atoms with Crippen LogP contribution in [0.4, 0.5) is 18.9 Å². The Morgan fingerprint density at radius 3 is 2.58 bits per heavy atom. The number of nitrogens with zero attached hydrogens (tertiary/aromatic N) is 4. The number of alkyl halides is 3. The van der Waals surface area contributed by atoms with Crippen molar-refractivity contribution in [3.05, 3.63) is 34.2 Å². The topological polar surface area (TPSA) is 70.5 Å². The van der Waals surface area contributed by atoms with Crippen LogP contribution in [-0.4, -0.2) is 66.0 Å². The molecule has 1 aromatic heterocycles. The number of hydrogen-bond acceptors (Lipinski definition) is 5. The smallest absolute Gasteiger partial charge is 0.366 e. The number of aromatic nitrogens is 2. The van der Waals surface area contributed by atoms with E-state index >= 15 is 0 Å². The van der Waals surface area contributed by atoms with E-state index in [2.05, 4.69) is 17.0 Å². The van der Waals surface area contributed by atoms with Gasteiger partial charge in [0.1, 0.15) is 11.6 Å². The summed E-state index contributed by atoms with van der Waals surface area (Å²) >= 11 is 5.97. The summed E-state index contributed by atoms with van der Waals surface area (Å²) in [6.45, 7) is 4.70. The van der Waals surface area contributed by atoms with E-state index in [-0.39, 0.29) is 17.5 Å². The van der Waals surface area contributed by atoms with Crippen LogP contribution in [0.3, 0.4) is 0 Å². The van der Waals surface area contributed by atoms with Crippen LogP contribution in [0.2, 0.25) is 5.02 Å². The summed E-state index contributed by atoms with van der Waals surface area (Å²) in [4.78, 5) is 27.4. The lowest BCUT2D eigenvalue weighted by Gasteiger charge is -2.35. The molecule has 11 heteroatoms. The number of halogens is 4. The molecule has 0 atom stereocenters. The number of carbonyl (C=O) groups is 1. The first-order chi connectivity index (χ1) is 12.2. The average molecular weight is 394 g/mol. The Kier molecular flexibility index (Phi) is 6.65. The van der Waals surface area contributed by atoms with Gasteiger partial charge in [-0.25, -0.2) is 4.68 Å². The number of carbonyl (C=O) groups excluding carboxylic acids is 1. The molecule has 0 spiro atoms. The molecule has 0 saturated carbocycles. The Labute approximate surface area is 153 Å². The number of rotatable bonds is 6. The molecule has 2 rings (SSSR count). The molecule has 2 heterocycles. The van der Waals surface area contributed by atoms with Crippen molar-refractivity contribution in [2.24, 2.45) is 0 Å². The molecule has 0 aromatic carbocycles. The maximum Gasteiger partial charge on any atom is 0.408 e. The number of amides is 1. The zero-order valence-electron chi connectivity index (χ0n) is 13.9. The lowest BCUT2D eigenvalue weighted by atomic mass is 10.2. The Morgan fingerprint density at radius 1 is 1.35 bits per heavy atom. The van der Waals surface area contributed by atoms with Crippen LogP contribution in [0.5, 0.6) is 0 Å². The van der Waals surface area contributed by atoms with Crippen molar-refractivity contribution in [2.45, 2.75) is 12.7 Å². The molecule has 144 valence electrons. The fourth-order valence-electron chi connectivity index (χ4n) is 2.55. The van der Waals surface area contributed by atoms with E-state index in [0.717, 1.165) is 0 Å². The molecule has 0 radical (unpaired) electrons. The Balaban J connectivity index is 1.99. The van der Waals surface area contributed by atoms with Gasteiger partial charge in [-0.3, -0.25) is 14.5 Å². The molecule has 0 bridgehead atoms. The van der Waals surface area contributed by atoms with Gasteiger partial charge in [0.05, 0.1) is 18.4 Å². The molecule has 0 unspecified atom stereocenters. The van der Waals surface area contributed by atoms with Crippen LogP contribution in [0, 0.1) is 0 Å². The highest BCUT2D eigenvalue weighted by Gasteiger charge is 2.30. The SMILES string of the molecule is C=CCNC(=O)CN1CCN(c2cnn(CC(F)(F)F)c(=O)c2Cl)CC1. The van der Waals surface area contributed by atoms with Gasteiger partial charge in [-0.15, -0.1) is 6.58 Å². The standard InChI is InChI=1S/C15H19ClF3N5O2/c1-2-3-20-12(25)9-22-4-6-23(7-5-22)11-8-21-24(10-15(17,18)19)14(26)13(11)16/h2,8H,1,3-7,9-10H2,(H,20,25). The molecule has 1 aromatic rings. The molecule has 1 N–H and O–H groups in total. The van der Waals surface area contributed by atoms with Crippen LogP contribution < -0.4 is 15.8 Å². The predicted molar refractivity (Wildman–Crippen MR) is 91.4 cm³/mol. The third kappa shape index (κ3) is 5.46. The van der Waals surface area contributed by atoms with Crippen molar-refractivity contribution in [3.63, 3.8) is 0 Å². The fourth-order valence-corrected chi connectivity index (χ4v) is 2.82. The van der Waals surface area contributed by atoms with Crippen LogP contribution in [-0.2, 0) is 11.3 Å². The van der Waals surface area contributed by atoms with Crippen molar-refractivity contribution in [3.8, 4) is 0 Å². The Morgan fingerprint density at radius 2 is 2.00 bits per heavy atom. The van der Waals surface area contributed by atoms with Gasteiger partial charge in [-0.05, 0) is 0 Å². The fraction of sp³-hybridized carbons (Fsp3) is 0.533. The first kappa shape index (κ1) is 20.2. The average Bonchev–Trinajstić information content (AvgIpc) is 2.57. The van der Waals surface area contributed by atoms with Gasteiger partial charge in [-0.1, -0.05) is 17.7 Å². The van der Waals surface area contributed by atoms with E-state index in [1.807, 2.05) is 4.90 Å². The molecule has 1 fully saturated rings. The molecule has 1 aliphatic rings. The van der Waals surface area contributed by atoms with Gasteiger partial charge < -0.3 is 10.2 Å². The Bertz CT molecular complexity index is 714. The van der Waals surface area contributed by atoms with Crippen LogP contribution in [0.1, 0.15) is 0 Å². The number of piperazine rings is 1. The molecule has 0 aliphatic carbocycles. The zero-order chi connectivity index (χ0) is 19.3. The second-order valence-electron chi connectivity index (χ2n) is 5.78. The van der Waals surface area contributed by atoms with Gasteiger partial charge in [0.2, 0.25) is 5.91 Å². The summed E-state index contributed by atoms with van der Waals surface area (Å²) in [5, 5.41) is 5.97. The van der Waals surface area contributed by atoms with Gasteiger partial charge >= 0.3 is 6.18 Å². The first-order valence-corrected chi connectivity index (χ1v) is 8.26. The molecular weight excluding hydrogens is 375 g/mol. The molecule has 26 heavy (non-hydrogen) atoms. The minimum absolute atomic E-state index is 0.118. The molecule has 1 amide bonds. The first-order valence-electron chi connectivity index (χ1n) is 7.88. The Hall–Kier alpha value is -2.07. The van der Waals surface area contributed by atoms with Crippen molar-refractivity contribution in [2.75, 3.05) is 44.2 Å². The predicted octanol–water partition coefficient (Wildman–Crippen LogP) is 0.883. The normalized spacial score (nSPS) is 15.8. The highest BCUT2D eigenvalue weighted by molar-refractivity contribution is 6.33.